The van der Waals surface area contributed by atoms with E-state index in [1.165, 1.54) is 69.0 Å². The molecule has 3 N–H and O–H groups in total. The molecule has 0 unspecified atom stereocenters. The maximum absolute atomic E-state index is 12.6. The molecular formula is C39H50N2O. The molecule has 9 aliphatic carbocycles. The highest BCUT2D eigenvalue weighted by Gasteiger charge is 2.75. The summed E-state index contributed by atoms with van der Waals surface area (Å²) in [5.41, 5.74) is 11.8. The maximum Gasteiger partial charge on any atom is 0.137 e. The Hall–Kier alpha value is -1.87. The molecule has 0 saturated heterocycles. The number of hydrogen-bond donors (Lipinski definition) is 2. The molecule has 17 atom stereocenters. The highest BCUT2D eigenvalue weighted by atomic mass is 16.1. The van der Waals surface area contributed by atoms with Crippen LogP contribution in [0.3, 0.4) is 0 Å². The zero-order chi connectivity index (χ0) is 28.1. The lowest BCUT2D eigenvalue weighted by atomic mass is 9.62. The standard InChI is InChI=1S/C39H50N2O/c1-20-13-28-21(2)7-12-31-37(30(28)14-20)39(31,35(40)19-42)24-9-11-25-23(15-24)16-33-36(25)27-10-8-22-18-38(33)32(27)17-29(22)26-5-3-4-6-34(26)41-38/h3-6,9,11,19-20,22-25,27-33,35-37,41H,2,7-8,10,12-18,40H2,1H3/t20-,22+,23+,24+,25+,27+,28+,29+,30+,31+,32-,33-,35+,36-,37-,38+,39+/m0/s1. The second kappa shape index (κ2) is 8.43. The molecule has 3 heteroatoms. The molecule has 222 valence electrons. The third-order valence-electron chi connectivity index (χ3n) is 16.3. The van der Waals surface area contributed by atoms with E-state index in [4.69, 9.17) is 5.73 Å². The molecule has 11 aliphatic rings. The number of allylic oxidation sites excluding steroid dienone is 3. The third kappa shape index (κ3) is 2.92. The molecule has 0 aromatic heterocycles. The Balaban J connectivity index is 1.00. The molecule has 1 aromatic carbocycles. The van der Waals surface area contributed by atoms with Crippen molar-refractivity contribution in [2.75, 3.05) is 5.32 Å². The predicted molar refractivity (Wildman–Crippen MR) is 168 cm³/mol. The van der Waals surface area contributed by atoms with E-state index < -0.39 is 0 Å². The third-order valence-corrected chi connectivity index (χ3v) is 16.3. The minimum atomic E-state index is -0.323. The lowest BCUT2D eigenvalue weighted by Gasteiger charge is -2.47. The van der Waals surface area contributed by atoms with Crippen LogP contribution in [0.15, 0.2) is 48.6 Å². The average molecular weight is 563 g/mol. The summed E-state index contributed by atoms with van der Waals surface area (Å²) >= 11 is 0. The van der Waals surface area contributed by atoms with Crippen molar-refractivity contribution >= 4 is 12.0 Å². The second-order valence-corrected chi connectivity index (χ2v) is 17.2. The molecule has 2 aliphatic heterocycles. The Bertz CT molecular complexity index is 1380. The number of aldehydes is 1. The first-order valence-electron chi connectivity index (χ1n) is 17.9. The van der Waals surface area contributed by atoms with Crippen molar-refractivity contribution in [2.24, 2.45) is 88.1 Å². The Kier molecular flexibility index (Phi) is 5.11. The Morgan fingerprint density at radius 3 is 2.71 bits per heavy atom. The molecular weight excluding hydrogens is 512 g/mol. The van der Waals surface area contributed by atoms with Gasteiger partial charge in [0.15, 0.2) is 0 Å². The topological polar surface area (TPSA) is 55.1 Å². The molecule has 8 saturated carbocycles. The largest absolute Gasteiger partial charge is 0.379 e. The van der Waals surface area contributed by atoms with Gasteiger partial charge in [-0.3, -0.25) is 0 Å². The highest BCUT2D eigenvalue weighted by molar-refractivity contribution is 5.62. The molecule has 2 heterocycles. The summed E-state index contributed by atoms with van der Waals surface area (Å²) in [7, 11) is 0. The summed E-state index contributed by atoms with van der Waals surface area (Å²) in [5.74, 6) is 10.3. The van der Waals surface area contributed by atoms with Crippen molar-refractivity contribution in [1.29, 1.82) is 0 Å². The van der Waals surface area contributed by atoms with Crippen LogP contribution < -0.4 is 11.1 Å². The SMILES string of the molecule is C=C1CC[C@@H]2[C@H]([C@@H]3C[C@@H](C)C[C@H]13)[C@]2([C@H](N)C=O)[C@@H]1C=C[C@@H]2[C@H](C1)C[C@H]1[C@@H]2[C@@H]2CC[C@@H]3C[C@]14Nc1ccccc1[C@@H]3C[C@@H]24. The quantitative estimate of drug-likeness (QED) is 0.295. The van der Waals surface area contributed by atoms with Gasteiger partial charge in [-0.15, -0.1) is 0 Å². The van der Waals surface area contributed by atoms with Crippen LogP contribution in [0.2, 0.25) is 0 Å². The van der Waals surface area contributed by atoms with Crippen LogP contribution in [-0.2, 0) is 4.79 Å². The monoisotopic (exact) mass is 562 g/mol. The first kappa shape index (κ1) is 25.5. The number of nitrogens with two attached hydrogens (primary N) is 1. The molecule has 0 radical (unpaired) electrons. The number of benzene rings is 1. The van der Waals surface area contributed by atoms with E-state index >= 15 is 0 Å². The molecule has 1 spiro atoms. The highest BCUT2D eigenvalue weighted by Crippen LogP contribution is 2.77. The number of rotatable bonds is 3. The van der Waals surface area contributed by atoms with Crippen LogP contribution in [0.25, 0.3) is 0 Å². The normalized spacial score (nSPS) is 56.2. The lowest BCUT2D eigenvalue weighted by Crippen LogP contribution is -2.51. The van der Waals surface area contributed by atoms with Crippen molar-refractivity contribution in [3.63, 3.8) is 0 Å². The predicted octanol–water partition coefficient (Wildman–Crippen LogP) is 7.60. The first-order valence-corrected chi connectivity index (χ1v) is 17.9. The number of fused-ring (bicyclic) bond motifs is 7. The first-order chi connectivity index (χ1) is 20.5. The fourth-order valence-corrected chi connectivity index (χ4v) is 15.2. The number of hydrogen-bond acceptors (Lipinski definition) is 3. The van der Waals surface area contributed by atoms with Crippen LogP contribution in [-0.4, -0.2) is 17.9 Å². The maximum atomic E-state index is 12.6. The van der Waals surface area contributed by atoms with Gasteiger partial charge in [-0.2, -0.15) is 0 Å². The van der Waals surface area contributed by atoms with E-state index in [9.17, 15) is 4.79 Å². The van der Waals surface area contributed by atoms with E-state index in [1.807, 2.05) is 0 Å². The Labute approximate surface area is 252 Å². The van der Waals surface area contributed by atoms with E-state index in [0.29, 0.717) is 35.1 Å². The van der Waals surface area contributed by atoms with Gasteiger partial charge in [0.25, 0.3) is 0 Å². The number of anilines is 1. The van der Waals surface area contributed by atoms with Crippen LogP contribution >= 0.6 is 0 Å². The average Bonchev–Trinajstić information content (AvgIpc) is 3.47. The molecule has 42 heavy (non-hydrogen) atoms. The smallest absolute Gasteiger partial charge is 0.137 e. The minimum absolute atomic E-state index is 0.00849. The van der Waals surface area contributed by atoms with Gasteiger partial charge in [-0.05, 0) is 159 Å². The summed E-state index contributed by atoms with van der Waals surface area (Å²) in [5, 5.41) is 4.37. The van der Waals surface area contributed by atoms with Crippen molar-refractivity contribution < 1.29 is 4.79 Å². The second-order valence-electron chi connectivity index (χ2n) is 17.2. The van der Waals surface area contributed by atoms with Crippen LogP contribution in [0.4, 0.5) is 5.69 Å². The van der Waals surface area contributed by atoms with Crippen molar-refractivity contribution in [3.05, 3.63) is 54.1 Å². The molecule has 12 rings (SSSR count). The van der Waals surface area contributed by atoms with E-state index in [0.717, 1.165) is 66.0 Å². The summed E-state index contributed by atoms with van der Waals surface area (Å²) in [4.78, 5) is 12.6. The van der Waals surface area contributed by atoms with Crippen LogP contribution in [0.5, 0.6) is 0 Å². The van der Waals surface area contributed by atoms with Crippen LogP contribution in [0.1, 0.15) is 82.6 Å². The Morgan fingerprint density at radius 2 is 1.83 bits per heavy atom. The summed E-state index contributed by atoms with van der Waals surface area (Å²) in [6.07, 6.45) is 19.9. The lowest BCUT2D eigenvalue weighted by molar-refractivity contribution is -0.111. The number of carbonyl (C=O) groups excluding carboxylic acids is 1. The van der Waals surface area contributed by atoms with Gasteiger partial charge < -0.3 is 15.8 Å². The van der Waals surface area contributed by atoms with Gasteiger partial charge >= 0.3 is 0 Å². The molecule has 8 fully saturated rings. The van der Waals surface area contributed by atoms with Crippen molar-refractivity contribution in [1.82, 2.24) is 0 Å². The molecule has 5 bridgehead atoms. The number of carbonyl (C=O) groups is 1. The van der Waals surface area contributed by atoms with Crippen molar-refractivity contribution in [2.45, 2.75) is 88.6 Å². The molecule has 1 aromatic rings. The Morgan fingerprint density at radius 1 is 0.952 bits per heavy atom. The van der Waals surface area contributed by atoms with Gasteiger partial charge in [0.1, 0.15) is 6.29 Å². The number of nitrogens with one attached hydrogen (secondary N) is 1. The fraction of sp³-hybridized carbons (Fsp3) is 0.718. The number of para-hydroxylation sites is 1. The fourth-order valence-electron chi connectivity index (χ4n) is 15.2. The van der Waals surface area contributed by atoms with E-state index in [-0.39, 0.29) is 11.5 Å². The van der Waals surface area contributed by atoms with Gasteiger partial charge in [0.05, 0.1) is 6.04 Å². The molecule has 0 amide bonds. The zero-order valence-corrected chi connectivity index (χ0v) is 25.5. The van der Waals surface area contributed by atoms with Gasteiger partial charge in [-0.25, -0.2) is 0 Å². The summed E-state index contributed by atoms with van der Waals surface area (Å²) in [6.45, 7) is 7.02. The van der Waals surface area contributed by atoms with Crippen LogP contribution in [0, 0.1) is 82.3 Å². The van der Waals surface area contributed by atoms with Crippen molar-refractivity contribution in [3.8, 4) is 0 Å². The van der Waals surface area contributed by atoms with E-state index in [1.54, 1.807) is 5.56 Å². The van der Waals surface area contributed by atoms with Gasteiger partial charge in [-0.1, -0.05) is 49.4 Å². The molecule has 3 nitrogen and oxygen atoms in total. The summed E-state index contributed by atoms with van der Waals surface area (Å²) in [6, 6.07) is 9.05. The minimum Gasteiger partial charge on any atom is -0.379 e. The van der Waals surface area contributed by atoms with Gasteiger partial charge in [0.2, 0.25) is 0 Å². The van der Waals surface area contributed by atoms with Gasteiger partial charge in [0, 0.05) is 16.6 Å². The summed E-state index contributed by atoms with van der Waals surface area (Å²) < 4.78 is 0. The van der Waals surface area contributed by atoms with E-state index in [2.05, 4.69) is 55.2 Å². The zero-order valence-electron chi connectivity index (χ0n) is 25.5.